The zero-order valence-corrected chi connectivity index (χ0v) is 19.6. The Morgan fingerprint density at radius 1 is 1.15 bits per heavy atom. The lowest BCUT2D eigenvalue weighted by Crippen LogP contribution is -2.48. The Kier molecular flexibility index (Phi) is 8.26. The van der Waals surface area contributed by atoms with E-state index in [2.05, 4.69) is 16.3 Å². The third-order valence-electron chi connectivity index (χ3n) is 5.29. The molecule has 9 heteroatoms. The fourth-order valence-electron chi connectivity index (χ4n) is 3.43. The molecule has 3 rings (SSSR count). The first-order valence-corrected chi connectivity index (χ1v) is 11.4. The second-order valence-electron chi connectivity index (χ2n) is 7.72. The van der Waals surface area contributed by atoms with Crippen LogP contribution in [0, 0.1) is 13.8 Å². The van der Waals surface area contributed by atoms with Gasteiger partial charge in [-0.25, -0.2) is 15.1 Å². The van der Waals surface area contributed by atoms with Gasteiger partial charge in [-0.2, -0.15) is 0 Å². The number of rotatable bonds is 9. The Morgan fingerprint density at radius 2 is 1.88 bits per heavy atom. The molecule has 0 fully saturated rings. The lowest BCUT2D eigenvalue weighted by Gasteiger charge is -2.28. The molecule has 0 radical (unpaired) electrons. The standard InChI is InChI=1S/C24H27N3O5S/c1-15-5-4-6-19-11-16(2)24(26-22(15)19)33-13-21(29)27(17(3)23(30)25-14-32-31)12-18-7-9-20(28)10-8-18/h4-11,17,28,31H,12-14H2,1-3H3,(H,25,30). The van der Waals surface area contributed by atoms with Crippen LogP contribution in [0.25, 0.3) is 10.9 Å². The zero-order valence-electron chi connectivity index (χ0n) is 18.7. The average Bonchev–Trinajstić information content (AvgIpc) is 2.80. The minimum atomic E-state index is -0.810. The predicted octanol–water partition coefficient (Wildman–Crippen LogP) is 3.63. The number of benzene rings is 2. The molecular formula is C24H27N3O5S. The van der Waals surface area contributed by atoms with Gasteiger partial charge < -0.3 is 15.3 Å². The Labute approximate surface area is 196 Å². The van der Waals surface area contributed by atoms with Gasteiger partial charge in [-0.1, -0.05) is 42.1 Å². The molecule has 2 amide bonds. The van der Waals surface area contributed by atoms with E-state index in [1.54, 1.807) is 19.1 Å². The van der Waals surface area contributed by atoms with Crippen LogP contribution in [0.15, 0.2) is 53.6 Å². The quantitative estimate of drug-likeness (QED) is 0.190. The largest absolute Gasteiger partial charge is 0.508 e. The van der Waals surface area contributed by atoms with Gasteiger partial charge in [0, 0.05) is 11.9 Å². The van der Waals surface area contributed by atoms with Gasteiger partial charge in [0.25, 0.3) is 0 Å². The highest BCUT2D eigenvalue weighted by Gasteiger charge is 2.26. The molecule has 3 aromatic rings. The summed E-state index contributed by atoms with van der Waals surface area (Å²) >= 11 is 1.33. The first-order valence-electron chi connectivity index (χ1n) is 10.4. The second kappa shape index (κ2) is 11.1. The van der Waals surface area contributed by atoms with Crippen LogP contribution in [0.1, 0.15) is 23.6 Å². The van der Waals surface area contributed by atoms with E-state index in [1.807, 2.05) is 32.0 Å². The van der Waals surface area contributed by atoms with Gasteiger partial charge in [0.15, 0.2) is 6.73 Å². The van der Waals surface area contributed by atoms with Crippen molar-refractivity contribution in [1.29, 1.82) is 0 Å². The van der Waals surface area contributed by atoms with Gasteiger partial charge in [-0.05, 0) is 55.7 Å². The minimum absolute atomic E-state index is 0.0947. The third kappa shape index (κ3) is 6.22. The smallest absolute Gasteiger partial charge is 0.244 e. The van der Waals surface area contributed by atoms with Crippen molar-refractivity contribution in [3.8, 4) is 5.75 Å². The number of pyridine rings is 1. The van der Waals surface area contributed by atoms with E-state index in [0.717, 1.165) is 32.6 Å². The van der Waals surface area contributed by atoms with Crippen LogP contribution in [0.2, 0.25) is 0 Å². The van der Waals surface area contributed by atoms with Gasteiger partial charge in [0.1, 0.15) is 16.8 Å². The van der Waals surface area contributed by atoms with Crippen LogP contribution in [0.3, 0.4) is 0 Å². The van der Waals surface area contributed by atoms with Gasteiger partial charge >= 0.3 is 0 Å². The van der Waals surface area contributed by atoms with Crippen LogP contribution in [-0.2, 0) is 21.0 Å². The van der Waals surface area contributed by atoms with Crippen molar-refractivity contribution in [3.63, 3.8) is 0 Å². The SMILES string of the molecule is Cc1cc2cccc(C)c2nc1SCC(=O)N(Cc1ccc(O)cc1)C(C)C(=O)NCOO. The molecule has 0 spiro atoms. The van der Waals surface area contributed by atoms with Crippen molar-refractivity contribution in [2.24, 2.45) is 0 Å². The van der Waals surface area contributed by atoms with Crippen molar-refractivity contribution >= 4 is 34.5 Å². The number of nitrogens with zero attached hydrogens (tertiary/aromatic N) is 2. The second-order valence-corrected chi connectivity index (χ2v) is 8.69. The third-order valence-corrected chi connectivity index (χ3v) is 6.37. The monoisotopic (exact) mass is 469 g/mol. The first-order chi connectivity index (χ1) is 15.8. The van der Waals surface area contributed by atoms with Gasteiger partial charge in [-0.15, -0.1) is 0 Å². The summed E-state index contributed by atoms with van der Waals surface area (Å²) in [6.07, 6.45) is 0. The number of hydrogen-bond donors (Lipinski definition) is 3. The van der Waals surface area contributed by atoms with E-state index in [0.29, 0.717) is 0 Å². The summed E-state index contributed by atoms with van der Waals surface area (Å²) in [5.74, 6) is -0.494. The van der Waals surface area contributed by atoms with E-state index in [1.165, 1.54) is 28.8 Å². The Morgan fingerprint density at radius 3 is 2.58 bits per heavy atom. The molecule has 174 valence electrons. The van der Waals surface area contributed by atoms with E-state index < -0.39 is 11.9 Å². The Hall–Kier alpha value is -3.14. The molecule has 1 unspecified atom stereocenters. The molecule has 0 bridgehead atoms. The number of carbonyl (C=O) groups is 2. The van der Waals surface area contributed by atoms with Crippen LogP contribution in [-0.4, -0.2) is 50.6 Å². The molecule has 0 saturated carbocycles. The van der Waals surface area contributed by atoms with Crippen molar-refractivity contribution in [1.82, 2.24) is 15.2 Å². The lowest BCUT2D eigenvalue weighted by atomic mass is 10.1. The number of fused-ring (bicyclic) bond motifs is 1. The fourth-order valence-corrected chi connectivity index (χ4v) is 4.29. The Balaban J connectivity index is 1.79. The molecule has 1 atom stereocenters. The molecule has 8 nitrogen and oxygen atoms in total. The van der Waals surface area contributed by atoms with E-state index in [9.17, 15) is 14.7 Å². The fraction of sp³-hybridized carbons (Fsp3) is 0.292. The topological polar surface area (TPSA) is 112 Å². The van der Waals surface area contributed by atoms with Crippen molar-refractivity contribution in [2.45, 2.75) is 38.4 Å². The number of phenols is 1. The number of thioether (sulfide) groups is 1. The number of para-hydroxylation sites is 1. The molecule has 3 N–H and O–H groups in total. The van der Waals surface area contributed by atoms with Gasteiger partial charge in [0.2, 0.25) is 11.8 Å². The molecule has 0 saturated heterocycles. The molecule has 1 heterocycles. The van der Waals surface area contributed by atoms with Crippen LogP contribution in [0.5, 0.6) is 5.75 Å². The minimum Gasteiger partial charge on any atom is -0.508 e. The summed E-state index contributed by atoms with van der Waals surface area (Å²) in [5, 5.41) is 22.3. The highest BCUT2D eigenvalue weighted by molar-refractivity contribution is 7.99. The van der Waals surface area contributed by atoms with Gasteiger partial charge in [0.05, 0.1) is 11.3 Å². The van der Waals surface area contributed by atoms with Crippen LogP contribution < -0.4 is 5.32 Å². The molecule has 33 heavy (non-hydrogen) atoms. The number of aryl methyl sites for hydroxylation is 2. The number of nitrogens with one attached hydrogen (secondary N) is 1. The molecule has 0 aliphatic carbocycles. The summed E-state index contributed by atoms with van der Waals surface area (Å²) in [7, 11) is 0. The number of amides is 2. The van der Waals surface area contributed by atoms with Crippen molar-refractivity contribution in [2.75, 3.05) is 12.5 Å². The maximum atomic E-state index is 13.2. The van der Waals surface area contributed by atoms with E-state index >= 15 is 0 Å². The number of aromatic nitrogens is 1. The van der Waals surface area contributed by atoms with Crippen molar-refractivity contribution < 1.29 is 24.8 Å². The normalized spacial score (nSPS) is 11.9. The summed E-state index contributed by atoms with van der Waals surface area (Å²) < 4.78 is 0. The summed E-state index contributed by atoms with van der Waals surface area (Å²) in [6.45, 7) is 5.37. The molecule has 0 aliphatic heterocycles. The molecule has 2 aromatic carbocycles. The number of aromatic hydroxyl groups is 1. The number of carbonyl (C=O) groups excluding carboxylic acids is 2. The van der Waals surface area contributed by atoms with E-state index in [-0.39, 0.29) is 30.7 Å². The Bertz CT molecular complexity index is 1140. The van der Waals surface area contributed by atoms with Crippen LogP contribution in [0.4, 0.5) is 0 Å². The van der Waals surface area contributed by atoms with Crippen molar-refractivity contribution in [3.05, 3.63) is 65.2 Å². The summed E-state index contributed by atoms with van der Waals surface area (Å²) in [4.78, 5) is 35.8. The summed E-state index contributed by atoms with van der Waals surface area (Å²) in [6, 6.07) is 13.7. The van der Waals surface area contributed by atoms with Crippen LogP contribution >= 0.6 is 11.8 Å². The summed E-state index contributed by atoms with van der Waals surface area (Å²) in [5.41, 5.74) is 3.70. The lowest BCUT2D eigenvalue weighted by molar-refractivity contribution is -0.247. The molecule has 1 aromatic heterocycles. The maximum Gasteiger partial charge on any atom is 0.244 e. The van der Waals surface area contributed by atoms with E-state index in [4.69, 9.17) is 10.2 Å². The molecule has 0 aliphatic rings. The molecular weight excluding hydrogens is 442 g/mol. The average molecular weight is 470 g/mol. The number of hydrogen-bond acceptors (Lipinski definition) is 7. The number of phenolic OH excluding ortho intramolecular Hbond substituents is 1. The highest BCUT2D eigenvalue weighted by atomic mass is 32.2. The first kappa shape index (κ1) is 24.5. The maximum absolute atomic E-state index is 13.2. The van der Waals surface area contributed by atoms with Gasteiger partial charge in [-0.3, -0.25) is 9.59 Å². The highest BCUT2D eigenvalue weighted by Crippen LogP contribution is 2.27. The predicted molar refractivity (Wildman–Crippen MR) is 127 cm³/mol. The zero-order chi connectivity index (χ0) is 24.0.